The van der Waals surface area contributed by atoms with Gasteiger partial charge in [0.1, 0.15) is 12.6 Å². The summed E-state index contributed by atoms with van der Waals surface area (Å²) in [6.45, 7) is 1.25. The van der Waals surface area contributed by atoms with Gasteiger partial charge in [-0.15, -0.1) is 0 Å². The fourth-order valence-corrected chi connectivity index (χ4v) is 5.59. The summed E-state index contributed by atoms with van der Waals surface area (Å²) >= 11 is 15.7. The van der Waals surface area contributed by atoms with Crippen LogP contribution in [0.4, 0.5) is 5.69 Å². The SMILES string of the molecule is C[C@H](C(=O)NC1CCCC1)N(Cc1ccc(Br)cc1)C(=O)CN(c1cc(Cl)ccc1Cl)S(C)(=O)=O. The summed E-state index contributed by atoms with van der Waals surface area (Å²) in [6.07, 6.45) is 4.93. The Kier molecular flexibility index (Phi) is 9.48. The molecule has 0 radical (unpaired) electrons. The number of amides is 2. The number of nitrogens with one attached hydrogen (secondary N) is 1. The third kappa shape index (κ3) is 7.59. The van der Waals surface area contributed by atoms with Crippen LogP contribution in [0.5, 0.6) is 0 Å². The van der Waals surface area contributed by atoms with E-state index in [1.807, 2.05) is 24.3 Å². The zero-order valence-corrected chi connectivity index (χ0v) is 23.4. The van der Waals surface area contributed by atoms with Crippen molar-refractivity contribution in [2.75, 3.05) is 17.1 Å². The lowest BCUT2D eigenvalue weighted by molar-refractivity contribution is -0.139. The van der Waals surface area contributed by atoms with Crippen LogP contribution in [0, 0.1) is 0 Å². The molecule has 1 fully saturated rings. The second-order valence-corrected chi connectivity index (χ2v) is 12.3. The molecule has 0 aliphatic heterocycles. The molecular formula is C24H28BrCl2N3O4S. The topological polar surface area (TPSA) is 86.8 Å². The Morgan fingerprint density at radius 1 is 1.11 bits per heavy atom. The quantitative estimate of drug-likeness (QED) is 0.436. The molecule has 1 aliphatic rings. The van der Waals surface area contributed by atoms with Crippen molar-refractivity contribution in [3.05, 3.63) is 62.5 Å². The van der Waals surface area contributed by atoms with Crippen LogP contribution in [0.15, 0.2) is 46.9 Å². The first-order valence-electron chi connectivity index (χ1n) is 11.2. The van der Waals surface area contributed by atoms with Crippen molar-refractivity contribution >= 4 is 66.7 Å². The first-order valence-corrected chi connectivity index (χ1v) is 14.6. The lowest BCUT2D eigenvalue weighted by Crippen LogP contribution is -2.52. The van der Waals surface area contributed by atoms with Crippen LogP contribution in [-0.2, 0) is 26.2 Å². The molecule has 2 amide bonds. The number of nitrogens with zero attached hydrogens (tertiary/aromatic N) is 2. The number of benzene rings is 2. The fraction of sp³-hybridized carbons (Fsp3) is 0.417. The molecule has 1 N–H and O–H groups in total. The maximum absolute atomic E-state index is 13.6. The van der Waals surface area contributed by atoms with Crippen molar-refractivity contribution < 1.29 is 18.0 Å². The minimum absolute atomic E-state index is 0.0902. The van der Waals surface area contributed by atoms with E-state index in [4.69, 9.17) is 23.2 Å². The van der Waals surface area contributed by atoms with E-state index in [2.05, 4.69) is 21.2 Å². The van der Waals surface area contributed by atoms with Crippen LogP contribution < -0.4 is 9.62 Å². The van der Waals surface area contributed by atoms with Crippen LogP contribution in [-0.4, -0.2) is 50.0 Å². The van der Waals surface area contributed by atoms with E-state index in [1.165, 1.54) is 23.1 Å². The second kappa shape index (κ2) is 12.0. The molecule has 2 aromatic rings. The van der Waals surface area contributed by atoms with Gasteiger partial charge in [0.2, 0.25) is 21.8 Å². The van der Waals surface area contributed by atoms with Gasteiger partial charge in [-0.3, -0.25) is 13.9 Å². The van der Waals surface area contributed by atoms with Gasteiger partial charge in [0.05, 0.1) is 17.0 Å². The van der Waals surface area contributed by atoms with E-state index >= 15 is 0 Å². The number of hydrogen-bond donors (Lipinski definition) is 1. The largest absolute Gasteiger partial charge is 0.352 e. The summed E-state index contributed by atoms with van der Waals surface area (Å²) in [6, 6.07) is 11.0. The van der Waals surface area contributed by atoms with Crippen LogP contribution >= 0.6 is 39.1 Å². The monoisotopic (exact) mass is 603 g/mol. The molecular weight excluding hydrogens is 577 g/mol. The number of rotatable bonds is 9. The van der Waals surface area contributed by atoms with Crippen molar-refractivity contribution in [3.8, 4) is 0 Å². The highest BCUT2D eigenvalue weighted by molar-refractivity contribution is 9.10. The summed E-state index contributed by atoms with van der Waals surface area (Å²) in [4.78, 5) is 28.0. The first-order chi connectivity index (χ1) is 16.5. The maximum atomic E-state index is 13.6. The lowest BCUT2D eigenvalue weighted by atomic mass is 10.1. The minimum atomic E-state index is -3.89. The number of carbonyl (C=O) groups is 2. The van der Waals surface area contributed by atoms with E-state index in [0.717, 1.165) is 46.3 Å². The summed E-state index contributed by atoms with van der Waals surface area (Å²) < 4.78 is 27.1. The van der Waals surface area contributed by atoms with Gasteiger partial charge in [-0.05, 0) is 55.7 Å². The molecule has 0 bridgehead atoms. The molecule has 190 valence electrons. The Labute approximate surface area is 224 Å². The average molecular weight is 605 g/mol. The average Bonchev–Trinajstić information content (AvgIpc) is 3.30. The summed E-state index contributed by atoms with van der Waals surface area (Å²) in [5, 5.41) is 3.45. The van der Waals surface area contributed by atoms with Gasteiger partial charge in [-0.1, -0.05) is 64.1 Å². The smallest absolute Gasteiger partial charge is 0.244 e. The Balaban J connectivity index is 1.90. The molecule has 1 aliphatic carbocycles. The first kappa shape index (κ1) is 27.8. The number of halogens is 3. The van der Waals surface area contributed by atoms with Crippen LogP contribution in [0.3, 0.4) is 0 Å². The highest BCUT2D eigenvalue weighted by Gasteiger charge is 2.32. The Hall–Kier alpha value is -1.81. The van der Waals surface area contributed by atoms with Crippen LogP contribution in [0.2, 0.25) is 10.0 Å². The number of sulfonamides is 1. The molecule has 0 heterocycles. The highest BCUT2D eigenvalue weighted by atomic mass is 79.9. The van der Waals surface area contributed by atoms with Crippen LogP contribution in [0.25, 0.3) is 0 Å². The molecule has 0 unspecified atom stereocenters. The molecule has 7 nitrogen and oxygen atoms in total. The van der Waals surface area contributed by atoms with E-state index in [0.29, 0.717) is 0 Å². The second-order valence-electron chi connectivity index (χ2n) is 8.68. The molecule has 1 saturated carbocycles. The van der Waals surface area contributed by atoms with Gasteiger partial charge in [-0.25, -0.2) is 8.42 Å². The lowest BCUT2D eigenvalue weighted by Gasteiger charge is -2.32. The fourth-order valence-electron chi connectivity index (χ4n) is 4.03. The predicted molar refractivity (Wildman–Crippen MR) is 143 cm³/mol. The number of hydrogen-bond acceptors (Lipinski definition) is 4. The zero-order chi connectivity index (χ0) is 25.8. The zero-order valence-electron chi connectivity index (χ0n) is 19.5. The van der Waals surface area contributed by atoms with E-state index < -0.39 is 28.5 Å². The van der Waals surface area contributed by atoms with E-state index in [1.54, 1.807) is 6.92 Å². The molecule has 0 aromatic heterocycles. The maximum Gasteiger partial charge on any atom is 0.244 e. The van der Waals surface area contributed by atoms with E-state index in [9.17, 15) is 18.0 Å². The third-order valence-corrected chi connectivity index (χ3v) is 8.20. The van der Waals surface area contributed by atoms with Crippen molar-refractivity contribution in [3.63, 3.8) is 0 Å². The Morgan fingerprint density at radius 3 is 2.34 bits per heavy atom. The van der Waals surface area contributed by atoms with Crippen molar-refractivity contribution in [1.29, 1.82) is 0 Å². The van der Waals surface area contributed by atoms with Gasteiger partial charge in [0.15, 0.2) is 0 Å². The molecule has 35 heavy (non-hydrogen) atoms. The summed E-state index contributed by atoms with van der Waals surface area (Å²) in [5.41, 5.74) is 0.899. The summed E-state index contributed by atoms with van der Waals surface area (Å²) in [5.74, 6) is -0.808. The number of carbonyl (C=O) groups excluding carboxylic acids is 2. The molecule has 1 atom stereocenters. The van der Waals surface area contributed by atoms with Crippen molar-refractivity contribution in [2.45, 2.75) is 51.2 Å². The summed E-state index contributed by atoms with van der Waals surface area (Å²) in [7, 11) is -3.89. The van der Waals surface area contributed by atoms with Gasteiger partial charge < -0.3 is 10.2 Å². The Bertz CT molecular complexity index is 1170. The normalized spacial score (nSPS) is 15.0. The predicted octanol–water partition coefficient (Wildman–Crippen LogP) is 5.00. The Morgan fingerprint density at radius 2 is 1.74 bits per heavy atom. The van der Waals surface area contributed by atoms with Gasteiger partial charge in [-0.2, -0.15) is 0 Å². The standard InChI is InChI=1S/C24H28BrCl2N3O4S/c1-16(24(32)28-20-5-3-4-6-20)29(14-17-7-9-18(25)10-8-17)23(31)15-30(35(2,33)34)22-13-19(26)11-12-21(22)27/h7-13,16,20H,3-6,14-15H2,1-2H3,(H,28,32)/t16-/m1/s1. The van der Waals surface area contributed by atoms with Gasteiger partial charge >= 0.3 is 0 Å². The van der Waals surface area contributed by atoms with E-state index in [-0.39, 0.29) is 34.2 Å². The van der Waals surface area contributed by atoms with Crippen LogP contribution in [0.1, 0.15) is 38.2 Å². The number of anilines is 1. The highest BCUT2D eigenvalue weighted by Crippen LogP contribution is 2.31. The van der Waals surface area contributed by atoms with Crippen molar-refractivity contribution in [2.24, 2.45) is 0 Å². The third-order valence-electron chi connectivity index (χ3n) is 5.99. The molecule has 0 saturated heterocycles. The van der Waals surface area contributed by atoms with Crippen molar-refractivity contribution in [1.82, 2.24) is 10.2 Å². The molecule has 2 aromatic carbocycles. The molecule has 11 heteroatoms. The minimum Gasteiger partial charge on any atom is -0.352 e. The van der Waals surface area contributed by atoms with Gasteiger partial charge in [0.25, 0.3) is 0 Å². The molecule has 3 rings (SSSR count). The molecule has 0 spiro atoms. The van der Waals surface area contributed by atoms with Gasteiger partial charge in [0, 0.05) is 22.1 Å².